The van der Waals surface area contributed by atoms with Crippen LogP contribution in [-0.4, -0.2) is 53.9 Å². The van der Waals surface area contributed by atoms with Crippen LogP contribution in [0, 0.1) is 13.8 Å². The standard InChI is InChI=1S/C26H28ClF3N6O3S2/c1-13-8-15(21(17(27)9-13)26(28,29)30)20-10-18-16(12-40-20)23(33-25(32-18)41(4,38)39)35-6-5-7-36-19(11-35)14(2)22(34-36)24(37)31-3/h8-9,20H,5-7,10-12H2,1-4H3,(H,31,37)/p+1. The van der Waals surface area contributed by atoms with E-state index in [1.165, 1.54) is 29.2 Å². The fraction of sp³-hybridized carbons (Fsp3) is 0.462. The van der Waals surface area contributed by atoms with Crippen molar-refractivity contribution in [2.24, 2.45) is 0 Å². The zero-order valence-corrected chi connectivity index (χ0v) is 25.2. The van der Waals surface area contributed by atoms with Gasteiger partial charge < -0.3 is 4.90 Å². The van der Waals surface area contributed by atoms with Crippen LogP contribution in [-0.2, 0) is 41.3 Å². The highest BCUT2D eigenvalue weighted by Gasteiger charge is 2.40. The topological polar surface area (TPSA) is 115 Å². The van der Waals surface area contributed by atoms with Crippen LogP contribution < -0.4 is 10.2 Å². The summed E-state index contributed by atoms with van der Waals surface area (Å²) in [6.45, 7) is 4.96. The van der Waals surface area contributed by atoms with Gasteiger partial charge in [0.15, 0.2) is 5.69 Å². The van der Waals surface area contributed by atoms with E-state index in [9.17, 15) is 26.4 Å². The number of aromatic nitrogens is 4. The number of rotatable bonds is 4. The second kappa shape index (κ2) is 10.9. The molecule has 3 aromatic rings. The SMILES string of the molecule is C[NH2+]C(=O)c1nn2c(c1C)CN(c1nc(S(C)(=O)=O)nc3c1CSC(c1cc(C)cc(Cl)c1C(F)(F)F)C3)CCC2. The summed E-state index contributed by atoms with van der Waals surface area (Å²) in [5, 5.41) is 4.60. The molecule has 0 saturated heterocycles. The Morgan fingerprint density at radius 2 is 1.93 bits per heavy atom. The summed E-state index contributed by atoms with van der Waals surface area (Å²) >= 11 is 7.40. The number of alkyl halides is 3. The number of nitrogens with zero attached hydrogens (tertiary/aromatic N) is 5. The van der Waals surface area contributed by atoms with Crippen molar-refractivity contribution in [2.75, 3.05) is 24.7 Å². The third kappa shape index (κ3) is 5.71. The van der Waals surface area contributed by atoms with Crippen molar-refractivity contribution in [1.82, 2.24) is 19.7 Å². The monoisotopic (exact) mass is 629 g/mol. The summed E-state index contributed by atoms with van der Waals surface area (Å²) in [5.41, 5.74) is 2.81. The molecule has 0 bridgehead atoms. The summed E-state index contributed by atoms with van der Waals surface area (Å²) in [4.78, 5) is 23.2. The van der Waals surface area contributed by atoms with Crippen LogP contribution in [0.5, 0.6) is 0 Å². The summed E-state index contributed by atoms with van der Waals surface area (Å²) in [7, 11) is -2.18. The van der Waals surface area contributed by atoms with Crippen LogP contribution in [0.2, 0.25) is 5.02 Å². The van der Waals surface area contributed by atoms with Crippen molar-refractivity contribution >= 4 is 44.9 Å². The Morgan fingerprint density at radius 1 is 1.20 bits per heavy atom. The normalized spacial score (nSPS) is 17.7. The van der Waals surface area contributed by atoms with E-state index in [2.05, 4.69) is 15.1 Å². The summed E-state index contributed by atoms with van der Waals surface area (Å²) in [6.07, 6.45) is -2.90. The van der Waals surface area contributed by atoms with Crippen LogP contribution >= 0.6 is 23.4 Å². The number of hydrogen-bond donors (Lipinski definition) is 1. The highest BCUT2D eigenvalue weighted by atomic mass is 35.5. The predicted molar refractivity (Wildman–Crippen MR) is 149 cm³/mol. The highest BCUT2D eigenvalue weighted by Crippen LogP contribution is 2.48. The van der Waals surface area contributed by atoms with Crippen molar-refractivity contribution < 1.29 is 31.7 Å². The number of hydrogen-bond acceptors (Lipinski definition) is 8. The van der Waals surface area contributed by atoms with E-state index >= 15 is 0 Å². The lowest BCUT2D eigenvalue weighted by molar-refractivity contribution is -0.523. The van der Waals surface area contributed by atoms with Gasteiger partial charge >= 0.3 is 12.1 Å². The Labute approximate surface area is 244 Å². The van der Waals surface area contributed by atoms with Crippen molar-refractivity contribution in [3.8, 4) is 0 Å². The van der Waals surface area contributed by atoms with Crippen molar-refractivity contribution in [3.63, 3.8) is 0 Å². The number of nitrogens with two attached hydrogens (primary N) is 1. The van der Waals surface area contributed by atoms with Gasteiger partial charge in [-0.3, -0.25) is 10.00 Å². The van der Waals surface area contributed by atoms with Crippen molar-refractivity contribution in [3.05, 3.63) is 62.1 Å². The molecule has 0 saturated carbocycles. The van der Waals surface area contributed by atoms with E-state index in [1.807, 2.05) is 16.5 Å². The third-order valence-corrected chi connectivity index (χ3v) is 9.76. The summed E-state index contributed by atoms with van der Waals surface area (Å²) < 4.78 is 69.2. The minimum absolute atomic E-state index is 0.0541. The smallest absolute Gasteiger partial charge is 0.350 e. The number of thioether (sulfide) groups is 1. The predicted octanol–water partition coefficient (Wildman–Crippen LogP) is 3.64. The molecule has 2 N–H and O–H groups in total. The van der Waals surface area contributed by atoms with Crippen LogP contribution in [0.15, 0.2) is 17.3 Å². The molecule has 1 unspecified atom stereocenters. The molecule has 220 valence electrons. The molecule has 2 aliphatic heterocycles. The number of quaternary nitrogens is 1. The Kier molecular flexibility index (Phi) is 7.90. The van der Waals surface area contributed by atoms with Gasteiger partial charge in [0.05, 0.1) is 35.6 Å². The number of aryl methyl sites for hydroxylation is 2. The summed E-state index contributed by atoms with van der Waals surface area (Å²) in [5.74, 6) is 0.542. The first-order valence-electron chi connectivity index (χ1n) is 12.9. The summed E-state index contributed by atoms with van der Waals surface area (Å²) in [6, 6.07) is 2.78. The minimum atomic E-state index is -4.65. The average Bonchev–Trinajstić information content (AvgIpc) is 3.05. The van der Waals surface area contributed by atoms with Gasteiger partial charge in [-0.05, 0) is 37.5 Å². The van der Waals surface area contributed by atoms with Gasteiger partial charge in [0.25, 0.3) is 0 Å². The van der Waals surface area contributed by atoms with E-state index < -0.39 is 26.8 Å². The molecule has 0 spiro atoms. The number of carbonyl (C=O) groups is 1. The molecule has 1 amide bonds. The molecule has 4 heterocycles. The van der Waals surface area contributed by atoms with Gasteiger partial charge in [-0.1, -0.05) is 17.7 Å². The zero-order valence-electron chi connectivity index (χ0n) is 22.8. The second-order valence-corrected chi connectivity index (χ2v) is 13.8. The lowest BCUT2D eigenvalue weighted by Gasteiger charge is -2.31. The maximum atomic E-state index is 14.1. The molecule has 9 nitrogen and oxygen atoms in total. The lowest BCUT2D eigenvalue weighted by Crippen LogP contribution is -2.84. The Bertz CT molecular complexity index is 1660. The number of benzene rings is 1. The molecule has 2 aromatic heterocycles. The van der Waals surface area contributed by atoms with Gasteiger partial charge in [0, 0.05) is 47.9 Å². The van der Waals surface area contributed by atoms with E-state index in [1.54, 1.807) is 14.0 Å². The number of fused-ring (bicyclic) bond motifs is 2. The quantitative estimate of drug-likeness (QED) is 0.435. The number of halogens is 4. The van der Waals surface area contributed by atoms with Gasteiger partial charge in [-0.2, -0.15) is 18.3 Å². The second-order valence-electron chi connectivity index (χ2n) is 10.3. The maximum Gasteiger partial charge on any atom is 0.418 e. The van der Waals surface area contributed by atoms with E-state index in [4.69, 9.17) is 11.6 Å². The van der Waals surface area contributed by atoms with Gasteiger partial charge in [0.1, 0.15) is 5.82 Å². The molecule has 41 heavy (non-hydrogen) atoms. The molecule has 15 heteroatoms. The van der Waals surface area contributed by atoms with E-state index in [0.717, 1.165) is 17.5 Å². The van der Waals surface area contributed by atoms with E-state index in [0.29, 0.717) is 54.4 Å². The first-order valence-corrected chi connectivity index (χ1v) is 16.2. The van der Waals surface area contributed by atoms with Crippen LogP contribution in [0.3, 0.4) is 0 Å². The van der Waals surface area contributed by atoms with Gasteiger partial charge in [-0.15, -0.1) is 11.8 Å². The van der Waals surface area contributed by atoms with Crippen LogP contribution in [0.25, 0.3) is 0 Å². The third-order valence-electron chi connectivity index (χ3n) is 7.34. The first kappa shape index (κ1) is 29.8. The zero-order chi connectivity index (χ0) is 29.9. The molecule has 5 rings (SSSR count). The Hall–Kier alpha value is -2.68. The molecular formula is C26H29ClF3N6O3S2+. The first-order chi connectivity index (χ1) is 19.2. The fourth-order valence-corrected chi connectivity index (χ4v) is 7.60. The maximum absolute atomic E-state index is 14.1. The number of anilines is 1. The highest BCUT2D eigenvalue weighted by molar-refractivity contribution is 7.98. The average molecular weight is 630 g/mol. The van der Waals surface area contributed by atoms with Crippen molar-refractivity contribution in [1.29, 1.82) is 0 Å². The molecule has 1 atom stereocenters. The molecule has 0 aliphatic carbocycles. The molecular weight excluding hydrogens is 601 g/mol. The van der Waals surface area contributed by atoms with Crippen LogP contribution in [0.4, 0.5) is 19.0 Å². The molecule has 2 aliphatic rings. The lowest BCUT2D eigenvalue weighted by atomic mass is 9.97. The Morgan fingerprint density at radius 3 is 2.59 bits per heavy atom. The molecule has 0 radical (unpaired) electrons. The Balaban J connectivity index is 1.59. The number of primary amides is 1. The number of carbonyl (C=O) groups excluding carboxylic acids is 1. The number of sulfone groups is 1. The minimum Gasteiger partial charge on any atom is -0.350 e. The molecule has 0 fully saturated rings. The number of amides is 1. The van der Waals surface area contributed by atoms with Gasteiger partial charge in [0.2, 0.25) is 15.0 Å². The fourth-order valence-electron chi connectivity index (χ4n) is 5.37. The van der Waals surface area contributed by atoms with Crippen LogP contribution in [0.1, 0.15) is 61.4 Å². The van der Waals surface area contributed by atoms with E-state index in [-0.39, 0.29) is 33.8 Å². The molecule has 1 aromatic carbocycles. The van der Waals surface area contributed by atoms with Gasteiger partial charge in [-0.25, -0.2) is 23.2 Å². The largest absolute Gasteiger partial charge is 0.418 e. The van der Waals surface area contributed by atoms with Crippen molar-refractivity contribution in [2.45, 2.75) is 62.1 Å².